The molecule has 1 aliphatic rings. The van der Waals surface area contributed by atoms with Crippen LogP contribution in [0.25, 0.3) is 0 Å². The summed E-state index contributed by atoms with van der Waals surface area (Å²) in [6.07, 6.45) is 4.43. The zero-order valence-electron chi connectivity index (χ0n) is 10.3. The highest BCUT2D eigenvalue weighted by molar-refractivity contribution is 7.91. The second-order valence-electron chi connectivity index (χ2n) is 4.92. The lowest BCUT2D eigenvalue weighted by Gasteiger charge is -2.08. The molecule has 1 fully saturated rings. The molecule has 0 aliphatic carbocycles. The minimum absolute atomic E-state index is 0.0211. The molecule has 1 unspecified atom stereocenters. The Hall–Kier alpha value is -0.880. The highest BCUT2D eigenvalue weighted by Crippen LogP contribution is 2.22. The number of rotatable bonds is 4. The molecule has 1 N–H and O–H groups in total. The van der Waals surface area contributed by atoms with E-state index in [1.165, 1.54) is 0 Å². The monoisotopic (exact) mass is 257 g/mol. The van der Waals surface area contributed by atoms with Crippen LogP contribution in [0.1, 0.15) is 31.9 Å². The van der Waals surface area contributed by atoms with Gasteiger partial charge in [-0.2, -0.15) is 5.10 Å². The van der Waals surface area contributed by atoms with Crippen molar-refractivity contribution in [2.24, 2.45) is 0 Å². The van der Waals surface area contributed by atoms with Crippen molar-refractivity contribution in [3.63, 3.8) is 0 Å². The van der Waals surface area contributed by atoms with Gasteiger partial charge in [0.05, 0.1) is 23.7 Å². The van der Waals surface area contributed by atoms with Crippen LogP contribution in [0.3, 0.4) is 0 Å². The van der Waals surface area contributed by atoms with Gasteiger partial charge in [-0.3, -0.25) is 4.68 Å². The minimum atomic E-state index is -2.84. The van der Waals surface area contributed by atoms with Crippen molar-refractivity contribution in [1.82, 2.24) is 15.1 Å². The smallest absolute Gasteiger partial charge is 0.152 e. The van der Waals surface area contributed by atoms with Gasteiger partial charge in [-0.1, -0.05) is 13.8 Å². The predicted molar refractivity (Wildman–Crippen MR) is 66.5 cm³/mol. The Morgan fingerprint density at radius 3 is 2.94 bits per heavy atom. The fourth-order valence-electron chi connectivity index (χ4n) is 1.97. The quantitative estimate of drug-likeness (QED) is 0.864. The van der Waals surface area contributed by atoms with Crippen molar-refractivity contribution < 1.29 is 8.42 Å². The normalized spacial score (nSPS) is 23.4. The van der Waals surface area contributed by atoms with Crippen molar-refractivity contribution >= 4 is 9.84 Å². The maximum atomic E-state index is 11.4. The Morgan fingerprint density at radius 1 is 1.59 bits per heavy atom. The van der Waals surface area contributed by atoms with Gasteiger partial charge in [-0.05, 0) is 6.42 Å². The molecule has 2 rings (SSSR count). The zero-order valence-corrected chi connectivity index (χ0v) is 11.1. The lowest BCUT2D eigenvalue weighted by Crippen LogP contribution is -2.21. The topological polar surface area (TPSA) is 64.0 Å². The minimum Gasteiger partial charge on any atom is -0.310 e. The Balaban J connectivity index is 1.99. The first-order valence-corrected chi connectivity index (χ1v) is 7.75. The number of nitrogens with zero attached hydrogens (tertiary/aromatic N) is 2. The van der Waals surface area contributed by atoms with Crippen LogP contribution in [0.5, 0.6) is 0 Å². The van der Waals surface area contributed by atoms with Gasteiger partial charge in [0.2, 0.25) is 0 Å². The van der Waals surface area contributed by atoms with Crippen LogP contribution in [0.4, 0.5) is 0 Å². The van der Waals surface area contributed by atoms with Gasteiger partial charge in [0, 0.05) is 24.3 Å². The molecule has 1 atom stereocenters. The third kappa shape index (κ3) is 3.29. The number of nitrogens with one attached hydrogen (secondary N) is 1. The maximum Gasteiger partial charge on any atom is 0.152 e. The SMILES string of the molecule is CC(C)NCc1cnn(C2CCS(=O)(=O)C2)c1. The molecule has 1 saturated heterocycles. The largest absolute Gasteiger partial charge is 0.310 e. The molecule has 17 heavy (non-hydrogen) atoms. The average molecular weight is 257 g/mol. The highest BCUT2D eigenvalue weighted by Gasteiger charge is 2.29. The Bertz CT molecular complexity index is 479. The van der Waals surface area contributed by atoms with Crippen LogP contribution < -0.4 is 5.32 Å². The summed E-state index contributed by atoms with van der Waals surface area (Å²) in [6.45, 7) is 4.96. The van der Waals surface area contributed by atoms with Gasteiger partial charge in [0.25, 0.3) is 0 Å². The van der Waals surface area contributed by atoms with Gasteiger partial charge in [-0.25, -0.2) is 8.42 Å². The summed E-state index contributed by atoms with van der Waals surface area (Å²) in [6, 6.07) is 0.456. The van der Waals surface area contributed by atoms with E-state index in [9.17, 15) is 8.42 Å². The van der Waals surface area contributed by atoms with E-state index in [2.05, 4.69) is 24.3 Å². The molecule has 2 heterocycles. The first-order chi connectivity index (χ1) is 7.96. The van der Waals surface area contributed by atoms with E-state index < -0.39 is 9.84 Å². The molecule has 96 valence electrons. The van der Waals surface area contributed by atoms with E-state index in [0.717, 1.165) is 12.1 Å². The maximum absolute atomic E-state index is 11.4. The van der Waals surface area contributed by atoms with Gasteiger partial charge in [0.1, 0.15) is 0 Å². The Labute approximate surface area is 102 Å². The first-order valence-electron chi connectivity index (χ1n) is 5.93. The molecule has 0 saturated carbocycles. The Kier molecular flexibility index (Phi) is 3.53. The van der Waals surface area contributed by atoms with Crippen LogP contribution in [-0.4, -0.2) is 35.7 Å². The predicted octanol–water partition coefficient (Wildman–Crippen LogP) is 0.741. The van der Waals surface area contributed by atoms with Crippen molar-refractivity contribution in [3.05, 3.63) is 18.0 Å². The molecule has 0 amide bonds. The van der Waals surface area contributed by atoms with E-state index >= 15 is 0 Å². The van der Waals surface area contributed by atoms with Gasteiger partial charge >= 0.3 is 0 Å². The summed E-state index contributed by atoms with van der Waals surface area (Å²) in [5, 5.41) is 7.56. The van der Waals surface area contributed by atoms with Crippen LogP contribution in [0.15, 0.2) is 12.4 Å². The van der Waals surface area contributed by atoms with Crippen LogP contribution in [0.2, 0.25) is 0 Å². The van der Waals surface area contributed by atoms with E-state index in [4.69, 9.17) is 0 Å². The summed E-state index contributed by atoms with van der Waals surface area (Å²) < 4.78 is 24.6. The van der Waals surface area contributed by atoms with Gasteiger partial charge in [0.15, 0.2) is 9.84 Å². The molecule has 0 bridgehead atoms. The van der Waals surface area contributed by atoms with Crippen molar-refractivity contribution in [2.45, 2.75) is 38.9 Å². The lowest BCUT2D eigenvalue weighted by molar-refractivity contribution is 0.498. The van der Waals surface area contributed by atoms with E-state index in [0.29, 0.717) is 12.5 Å². The van der Waals surface area contributed by atoms with Crippen LogP contribution in [0, 0.1) is 0 Å². The number of aromatic nitrogens is 2. The third-order valence-electron chi connectivity index (χ3n) is 2.95. The van der Waals surface area contributed by atoms with E-state index in [-0.39, 0.29) is 17.5 Å². The molecule has 1 aromatic rings. The number of hydrogen-bond donors (Lipinski definition) is 1. The van der Waals surface area contributed by atoms with E-state index in [1.54, 1.807) is 10.9 Å². The Morgan fingerprint density at radius 2 is 2.35 bits per heavy atom. The fraction of sp³-hybridized carbons (Fsp3) is 0.727. The molecular weight excluding hydrogens is 238 g/mol. The molecular formula is C11H19N3O2S. The van der Waals surface area contributed by atoms with Gasteiger partial charge in [-0.15, -0.1) is 0 Å². The molecule has 0 radical (unpaired) electrons. The molecule has 0 aromatic carbocycles. The molecule has 1 aromatic heterocycles. The third-order valence-corrected chi connectivity index (χ3v) is 4.70. The summed E-state index contributed by atoms with van der Waals surface area (Å²) >= 11 is 0. The summed E-state index contributed by atoms with van der Waals surface area (Å²) in [5.41, 5.74) is 1.10. The van der Waals surface area contributed by atoms with Crippen LogP contribution >= 0.6 is 0 Å². The molecule has 0 spiro atoms. The second kappa shape index (κ2) is 4.78. The van der Waals surface area contributed by atoms with Gasteiger partial charge < -0.3 is 5.32 Å². The average Bonchev–Trinajstić information content (AvgIpc) is 2.81. The van der Waals surface area contributed by atoms with Crippen LogP contribution in [-0.2, 0) is 16.4 Å². The van der Waals surface area contributed by atoms with Crippen molar-refractivity contribution in [2.75, 3.05) is 11.5 Å². The van der Waals surface area contributed by atoms with E-state index in [1.807, 2.05) is 6.20 Å². The molecule has 6 heteroatoms. The highest BCUT2D eigenvalue weighted by atomic mass is 32.2. The van der Waals surface area contributed by atoms with Crippen molar-refractivity contribution in [3.8, 4) is 0 Å². The second-order valence-corrected chi connectivity index (χ2v) is 7.15. The summed E-state index contributed by atoms with van der Waals surface area (Å²) in [4.78, 5) is 0. The summed E-state index contributed by atoms with van der Waals surface area (Å²) in [7, 11) is -2.84. The summed E-state index contributed by atoms with van der Waals surface area (Å²) in [5.74, 6) is 0.517. The fourth-order valence-corrected chi connectivity index (χ4v) is 3.68. The molecule has 1 aliphatic heterocycles. The number of hydrogen-bond acceptors (Lipinski definition) is 4. The standard InChI is InChI=1S/C11H19N3O2S/c1-9(2)12-5-10-6-13-14(7-10)11-3-4-17(15,16)8-11/h6-7,9,11-12H,3-5,8H2,1-2H3. The van der Waals surface area contributed by atoms with Crippen molar-refractivity contribution in [1.29, 1.82) is 0 Å². The first kappa shape index (κ1) is 12.6. The number of sulfone groups is 1. The zero-order chi connectivity index (χ0) is 12.5. The molecule has 5 nitrogen and oxygen atoms in total. The lowest BCUT2D eigenvalue weighted by atomic mass is 10.2.